The molecule has 1 atom stereocenters. The SMILES string of the molecule is CC1(C)COCCN1C(=O)C1CCNc2ccccc21. The highest BCUT2D eigenvalue weighted by Gasteiger charge is 2.38. The van der Waals surface area contributed by atoms with Gasteiger partial charge >= 0.3 is 0 Å². The molecule has 20 heavy (non-hydrogen) atoms. The predicted octanol–water partition coefficient (Wildman–Crippen LogP) is 2.22. The van der Waals surface area contributed by atoms with Crippen LogP contribution < -0.4 is 5.32 Å². The lowest BCUT2D eigenvalue weighted by molar-refractivity contribution is -0.148. The molecule has 1 aromatic carbocycles. The summed E-state index contributed by atoms with van der Waals surface area (Å²) in [6, 6.07) is 8.14. The zero-order valence-corrected chi connectivity index (χ0v) is 12.2. The van der Waals surface area contributed by atoms with Crippen LogP contribution in [-0.4, -0.2) is 42.6 Å². The van der Waals surface area contributed by atoms with Gasteiger partial charge < -0.3 is 15.0 Å². The van der Waals surface area contributed by atoms with Crippen LogP contribution in [0.4, 0.5) is 5.69 Å². The topological polar surface area (TPSA) is 41.6 Å². The number of amides is 1. The van der Waals surface area contributed by atoms with Gasteiger partial charge in [0.05, 0.1) is 24.7 Å². The summed E-state index contributed by atoms with van der Waals surface area (Å²) in [6.45, 7) is 6.97. The van der Waals surface area contributed by atoms with E-state index in [9.17, 15) is 4.79 Å². The average Bonchev–Trinajstić information content (AvgIpc) is 2.45. The van der Waals surface area contributed by atoms with E-state index >= 15 is 0 Å². The van der Waals surface area contributed by atoms with Crippen LogP contribution in [0, 0.1) is 0 Å². The molecule has 4 nitrogen and oxygen atoms in total. The number of benzene rings is 1. The summed E-state index contributed by atoms with van der Waals surface area (Å²) >= 11 is 0. The van der Waals surface area contributed by atoms with Crippen molar-refractivity contribution in [2.75, 3.05) is 31.6 Å². The summed E-state index contributed by atoms with van der Waals surface area (Å²) in [6.07, 6.45) is 0.864. The maximum absolute atomic E-state index is 13.0. The van der Waals surface area contributed by atoms with Gasteiger partial charge in [-0.1, -0.05) is 18.2 Å². The van der Waals surface area contributed by atoms with Gasteiger partial charge in [0.15, 0.2) is 0 Å². The predicted molar refractivity (Wildman–Crippen MR) is 78.9 cm³/mol. The zero-order chi connectivity index (χ0) is 14.2. The Morgan fingerprint density at radius 2 is 2.20 bits per heavy atom. The van der Waals surface area contributed by atoms with Crippen LogP contribution in [0.5, 0.6) is 0 Å². The fourth-order valence-corrected chi connectivity index (χ4v) is 3.18. The Morgan fingerprint density at radius 1 is 1.40 bits per heavy atom. The van der Waals surface area contributed by atoms with Crippen molar-refractivity contribution in [2.45, 2.75) is 31.7 Å². The second kappa shape index (κ2) is 5.09. The molecule has 108 valence electrons. The lowest BCUT2D eigenvalue weighted by atomic mass is 9.88. The maximum atomic E-state index is 13.0. The van der Waals surface area contributed by atoms with Crippen LogP contribution in [0.3, 0.4) is 0 Å². The Morgan fingerprint density at radius 3 is 3.00 bits per heavy atom. The molecule has 1 saturated heterocycles. The van der Waals surface area contributed by atoms with Gasteiger partial charge in [0.25, 0.3) is 0 Å². The van der Waals surface area contributed by atoms with Gasteiger partial charge in [-0.15, -0.1) is 0 Å². The molecule has 0 spiro atoms. The first-order chi connectivity index (χ1) is 9.59. The Labute approximate surface area is 120 Å². The standard InChI is InChI=1S/C16H22N2O2/c1-16(2)11-20-10-9-18(16)15(19)13-7-8-17-14-6-4-3-5-12(13)14/h3-6,13,17H,7-11H2,1-2H3. The summed E-state index contributed by atoms with van der Waals surface area (Å²) in [5, 5.41) is 3.38. The molecule has 0 aromatic heterocycles. The number of nitrogens with one attached hydrogen (secondary N) is 1. The van der Waals surface area contributed by atoms with Gasteiger partial charge in [-0.3, -0.25) is 4.79 Å². The van der Waals surface area contributed by atoms with E-state index in [1.165, 1.54) is 0 Å². The third-order valence-electron chi connectivity index (χ3n) is 4.29. The number of carbonyl (C=O) groups excluding carboxylic acids is 1. The van der Waals surface area contributed by atoms with Crippen LogP contribution in [-0.2, 0) is 9.53 Å². The minimum Gasteiger partial charge on any atom is -0.385 e. The molecule has 0 saturated carbocycles. The summed E-state index contributed by atoms with van der Waals surface area (Å²) < 4.78 is 5.52. The van der Waals surface area contributed by atoms with Gasteiger partial charge in [-0.25, -0.2) is 0 Å². The lowest BCUT2D eigenvalue weighted by Gasteiger charge is -2.44. The van der Waals surface area contributed by atoms with Crippen molar-refractivity contribution in [3.05, 3.63) is 29.8 Å². The number of nitrogens with zero attached hydrogens (tertiary/aromatic N) is 1. The highest BCUT2D eigenvalue weighted by atomic mass is 16.5. The van der Waals surface area contributed by atoms with E-state index < -0.39 is 0 Å². The van der Waals surface area contributed by atoms with Crippen LogP contribution in [0.1, 0.15) is 31.7 Å². The van der Waals surface area contributed by atoms with E-state index in [0.29, 0.717) is 19.8 Å². The Kier molecular flexibility index (Phi) is 3.42. The molecular formula is C16H22N2O2. The molecule has 0 radical (unpaired) electrons. The number of carbonyl (C=O) groups is 1. The number of fused-ring (bicyclic) bond motifs is 1. The third-order valence-corrected chi connectivity index (χ3v) is 4.29. The van der Waals surface area contributed by atoms with Gasteiger partial charge in [0.2, 0.25) is 5.91 Å². The largest absolute Gasteiger partial charge is 0.385 e. The first-order valence-electron chi connectivity index (χ1n) is 7.31. The van der Waals surface area contributed by atoms with Crippen molar-refractivity contribution in [1.82, 2.24) is 4.90 Å². The van der Waals surface area contributed by atoms with Crippen molar-refractivity contribution in [3.8, 4) is 0 Å². The number of rotatable bonds is 1. The second-order valence-corrected chi connectivity index (χ2v) is 6.21. The summed E-state index contributed by atoms with van der Waals surface area (Å²) in [5.74, 6) is 0.220. The number of ether oxygens (including phenoxy) is 1. The summed E-state index contributed by atoms with van der Waals surface area (Å²) in [4.78, 5) is 15.0. The molecule has 2 heterocycles. The summed E-state index contributed by atoms with van der Waals surface area (Å²) in [5.41, 5.74) is 2.02. The van der Waals surface area contributed by atoms with Crippen molar-refractivity contribution in [1.29, 1.82) is 0 Å². The van der Waals surface area contributed by atoms with Gasteiger partial charge in [0, 0.05) is 18.8 Å². The molecule has 0 bridgehead atoms. The molecular weight excluding hydrogens is 252 g/mol. The first kappa shape index (κ1) is 13.4. The monoisotopic (exact) mass is 274 g/mol. The van der Waals surface area contributed by atoms with Gasteiger partial charge in [-0.05, 0) is 31.9 Å². The Bertz CT molecular complexity index is 513. The Hall–Kier alpha value is -1.55. The van der Waals surface area contributed by atoms with Gasteiger partial charge in [-0.2, -0.15) is 0 Å². The number of para-hydroxylation sites is 1. The molecule has 2 aliphatic heterocycles. The molecule has 1 fully saturated rings. The number of hydrogen-bond acceptors (Lipinski definition) is 3. The molecule has 1 amide bonds. The fourth-order valence-electron chi connectivity index (χ4n) is 3.18. The third kappa shape index (κ3) is 2.29. The molecule has 1 N–H and O–H groups in total. The van der Waals surface area contributed by atoms with Crippen molar-refractivity contribution in [3.63, 3.8) is 0 Å². The van der Waals surface area contributed by atoms with Crippen LogP contribution in [0.25, 0.3) is 0 Å². The van der Waals surface area contributed by atoms with E-state index in [-0.39, 0.29) is 17.4 Å². The number of anilines is 1. The van der Waals surface area contributed by atoms with E-state index in [1.54, 1.807) is 0 Å². The highest BCUT2D eigenvalue weighted by Crippen LogP contribution is 2.34. The van der Waals surface area contributed by atoms with Crippen molar-refractivity contribution >= 4 is 11.6 Å². The van der Waals surface area contributed by atoms with Crippen LogP contribution >= 0.6 is 0 Å². The Balaban J connectivity index is 1.88. The normalized spacial score (nSPS) is 24.7. The molecule has 2 aliphatic rings. The average molecular weight is 274 g/mol. The van der Waals surface area contributed by atoms with Gasteiger partial charge in [0.1, 0.15) is 0 Å². The summed E-state index contributed by atoms with van der Waals surface area (Å²) in [7, 11) is 0. The van der Waals surface area contributed by atoms with E-state index in [4.69, 9.17) is 4.74 Å². The zero-order valence-electron chi connectivity index (χ0n) is 12.2. The fraction of sp³-hybridized carbons (Fsp3) is 0.562. The number of morpholine rings is 1. The first-order valence-corrected chi connectivity index (χ1v) is 7.31. The number of hydrogen-bond donors (Lipinski definition) is 1. The highest BCUT2D eigenvalue weighted by molar-refractivity contribution is 5.87. The van der Waals surface area contributed by atoms with Crippen LogP contribution in [0.15, 0.2) is 24.3 Å². The molecule has 4 heteroatoms. The van der Waals surface area contributed by atoms with E-state index in [0.717, 1.165) is 24.2 Å². The van der Waals surface area contributed by atoms with Crippen molar-refractivity contribution < 1.29 is 9.53 Å². The minimum atomic E-state index is -0.213. The van der Waals surface area contributed by atoms with Crippen molar-refractivity contribution in [2.24, 2.45) is 0 Å². The second-order valence-electron chi connectivity index (χ2n) is 6.21. The van der Waals surface area contributed by atoms with E-state index in [1.807, 2.05) is 17.0 Å². The van der Waals surface area contributed by atoms with Crippen LogP contribution in [0.2, 0.25) is 0 Å². The molecule has 0 aliphatic carbocycles. The minimum absolute atomic E-state index is 0.0233. The smallest absolute Gasteiger partial charge is 0.230 e. The maximum Gasteiger partial charge on any atom is 0.230 e. The quantitative estimate of drug-likeness (QED) is 0.854. The lowest BCUT2D eigenvalue weighted by Crippen LogP contribution is -2.57. The molecule has 3 rings (SSSR count). The molecule has 1 aromatic rings. The molecule has 1 unspecified atom stereocenters. The van der Waals surface area contributed by atoms with E-state index in [2.05, 4.69) is 31.3 Å².